The van der Waals surface area contributed by atoms with E-state index in [1.54, 1.807) is 6.07 Å². The molecule has 3 nitrogen and oxygen atoms in total. The smallest absolute Gasteiger partial charge is 0.235 e. The summed E-state index contributed by atoms with van der Waals surface area (Å²) in [5.41, 5.74) is 1.63. The van der Waals surface area contributed by atoms with Gasteiger partial charge in [0.05, 0.1) is 16.0 Å². The second-order valence-electron chi connectivity index (χ2n) is 3.24. The Morgan fingerprint density at radius 1 is 1.53 bits per heavy atom. The predicted molar refractivity (Wildman–Crippen MR) is 68.2 cm³/mol. The number of benzene rings is 1. The SMILES string of the molecule is CN(C)c1ccc(NC(=O)CBr)cc1Cl. The third-order valence-electron chi connectivity index (χ3n) is 1.83. The summed E-state index contributed by atoms with van der Waals surface area (Å²) in [6.07, 6.45) is 0. The van der Waals surface area contributed by atoms with E-state index >= 15 is 0 Å². The van der Waals surface area contributed by atoms with Gasteiger partial charge in [-0.05, 0) is 18.2 Å². The Balaban J connectivity index is 2.87. The number of carbonyl (C=O) groups is 1. The molecule has 0 atom stereocenters. The number of hydrogen-bond acceptors (Lipinski definition) is 2. The summed E-state index contributed by atoms with van der Waals surface area (Å²) in [4.78, 5) is 13.0. The average molecular weight is 292 g/mol. The highest BCUT2D eigenvalue weighted by molar-refractivity contribution is 9.09. The van der Waals surface area contributed by atoms with Crippen molar-refractivity contribution in [2.45, 2.75) is 0 Å². The second-order valence-corrected chi connectivity index (χ2v) is 4.21. The van der Waals surface area contributed by atoms with Crippen molar-refractivity contribution in [1.82, 2.24) is 0 Å². The van der Waals surface area contributed by atoms with E-state index in [1.165, 1.54) is 0 Å². The molecule has 0 heterocycles. The minimum atomic E-state index is -0.0938. The zero-order valence-corrected chi connectivity index (χ0v) is 10.9. The van der Waals surface area contributed by atoms with E-state index in [0.29, 0.717) is 10.7 Å². The molecule has 0 aromatic heterocycles. The van der Waals surface area contributed by atoms with Crippen LogP contribution in [0.2, 0.25) is 5.02 Å². The molecule has 0 bridgehead atoms. The first kappa shape index (κ1) is 12.3. The summed E-state index contributed by atoms with van der Waals surface area (Å²) in [5, 5.41) is 3.61. The molecule has 0 saturated heterocycles. The summed E-state index contributed by atoms with van der Waals surface area (Å²) < 4.78 is 0. The number of nitrogens with zero attached hydrogens (tertiary/aromatic N) is 1. The lowest BCUT2D eigenvalue weighted by molar-refractivity contribution is -0.113. The first-order chi connectivity index (χ1) is 7.04. The van der Waals surface area contributed by atoms with Gasteiger partial charge in [-0.1, -0.05) is 27.5 Å². The molecule has 0 aliphatic heterocycles. The van der Waals surface area contributed by atoms with Crippen LogP contribution in [0.3, 0.4) is 0 Å². The van der Waals surface area contributed by atoms with Crippen LogP contribution < -0.4 is 10.2 Å². The molecule has 1 rings (SSSR count). The standard InChI is InChI=1S/C10H12BrClN2O/c1-14(2)9-4-3-7(5-8(9)12)13-10(15)6-11/h3-5H,6H2,1-2H3,(H,13,15). The van der Waals surface area contributed by atoms with Crippen LogP contribution in [0.25, 0.3) is 0 Å². The third-order valence-corrected chi connectivity index (χ3v) is 2.65. The maximum Gasteiger partial charge on any atom is 0.235 e. The van der Waals surface area contributed by atoms with Crippen LogP contribution in [0, 0.1) is 0 Å². The molecule has 0 radical (unpaired) electrons. The maximum absolute atomic E-state index is 11.1. The van der Waals surface area contributed by atoms with Gasteiger partial charge in [0, 0.05) is 19.8 Å². The lowest BCUT2D eigenvalue weighted by Gasteiger charge is -2.15. The van der Waals surface area contributed by atoms with Crippen molar-refractivity contribution in [1.29, 1.82) is 0 Å². The summed E-state index contributed by atoms with van der Waals surface area (Å²) in [6, 6.07) is 5.42. The fourth-order valence-corrected chi connectivity index (χ4v) is 1.63. The summed E-state index contributed by atoms with van der Waals surface area (Å²) in [6.45, 7) is 0. The first-order valence-electron chi connectivity index (χ1n) is 4.37. The van der Waals surface area contributed by atoms with E-state index in [0.717, 1.165) is 5.69 Å². The van der Waals surface area contributed by atoms with Crippen LogP contribution >= 0.6 is 27.5 Å². The van der Waals surface area contributed by atoms with Gasteiger partial charge in [0.2, 0.25) is 5.91 Å². The normalized spacial score (nSPS) is 9.87. The Morgan fingerprint density at radius 3 is 2.67 bits per heavy atom. The lowest BCUT2D eigenvalue weighted by atomic mass is 10.2. The molecular formula is C10H12BrClN2O. The number of halogens is 2. The van der Waals surface area contributed by atoms with Crippen molar-refractivity contribution in [3.8, 4) is 0 Å². The topological polar surface area (TPSA) is 32.3 Å². The van der Waals surface area contributed by atoms with Crippen LogP contribution in [0.4, 0.5) is 11.4 Å². The fourth-order valence-electron chi connectivity index (χ4n) is 1.14. The van der Waals surface area contributed by atoms with Crippen molar-refractivity contribution >= 4 is 44.8 Å². The predicted octanol–water partition coefficient (Wildman–Crippen LogP) is 2.74. The maximum atomic E-state index is 11.1. The van der Waals surface area contributed by atoms with E-state index in [2.05, 4.69) is 21.2 Å². The minimum absolute atomic E-state index is 0.0938. The van der Waals surface area contributed by atoms with E-state index in [-0.39, 0.29) is 11.2 Å². The molecule has 0 spiro atoms. The molecule has 0 unspecified atom stereocenters. The Labute approximate surface area is 103 Å². The van der Waals surface area contributed by atoms with Crippen LogP contribution in [-0.2, 0) is 4.79 Å². The molecule has 1 N–H and O–H groups in total. The number of nitrogens with one attached hydrogen (secondary N) is 1. The average Bonchev–Trinajstić information content (AvgIpc) is 2.17. The van der Waals surface area contributed by atoms with Crippen molar-refractivity contribution in [2.75, 3.05) is 29.6 Å². The summed E-state index contributed by atoms with van der Waals surface area (Å²) in [7, 11) is 3.83. The van der Waals surface area contributed by atoms with E-state index in [1.807, 2.05) is 31.1 Å². The Kier molecular flexibility index (Phi) is 4.42. The molecule has 0 aliphatic rings. The number of alkyl halides is 1. The van der Waals surface area contributed by atoms with Gasteiger partial charge in [-0.3, -0.25) is 4.79 Å². The molecule has 5 heteroatoms. The van der Waals surface area contributed by atoms with Gasteiger partial charge < -0.3 is 10.2 Å². The monoisotopic (exact) mass is 290 g/mol. The van der Waals surface area contributed by atoms with Crippen LogP contribution in [-0.4, -0.2) is 25.3 Å². The molecule has 1 aromatic rings. The highest BCUT2D eigenvalue weighted by atomic mass is 79.9. The van der Waals surface area contributed by atoms with E-state index in [4.69, 9.17) is 11.6 Å². The summed E-state index contributed by atoms with van der Waals surface area (Å²) in [5.74, 6) is -0.0938. The van der Waals surface area contributed by atoms with Crippen molar-refractivity contribution < 1.29 is 4.79 Å². The van der Waals surface area contributed by atoms with Gasteiger partial charge in [-0.2, -0.15) is 0 Å². The third kappa shape index (κ3) is 3.39. The first-order valence-corrected chi connectivity index (χ1v) is 5.87. The van der Waals surface area contributed by atoms with Crippen molar-refractivity contribution in [2.24, 2.45) is 0 Å². The zero-order chi connectivity index (χ0) is 11.4. The van der Waals surface area contributed by atoms with Gasteiger partial charge in [-0.15, -0.1) is 0 Å². The van der Waals surface area contributed by atoms with Crippen LogP contribution in [0.5, 0.6) is 0 Å². The molecule has 0 aliphatic carbocycles. The van der Waals surface area contributed by atoms with E-state index < -0.39 is 0 Å². The molecule has 15 heavy (non-hydrogen) atoms. The molecule has 1 aromatic carbocycles. The van der Waals surface area contributed by atoms with Gasteiger partial charge >= 0.3 is 0 Å². The van der Waals surface area contributed by atoms with E-state index in [9.17, 15) is 4.79 Å². The Morgan fingerprint density at radius 2 is 2.20 bits per heavy atom. The van der Waals surface area contributed by atoms with Gasteiger partial charge in [0.25, 0.3) is 0 Å². The second kappa shape index (κ2) is 5.37. The fraction of sp³-hybridized carbons (Fsp3) is 0.300. The van der Waals surface area contributed by atoms with Crippen molar-refractivity contribution in [3.05, 3.63) is 23.2 Å². The zero-order valence-electron chi connectivity index (χ0n) is 8.55. The number of anilines is 2. The largest absolute Gasteiger partial charge is 0.376 e. The van der Waals surface area contributed by atoms with Crippen LogP contribution in [0.15, 0.2) is 18.2 Å². The lowest BCUT2D eigenvalue weighted by Crippen LogP contribution is -2.13. The van der Waals surface area contributed by atoms with Gasteiger partial charge in [0.1, 0.15) is 0 Å². The van der Waals surface area contributed by atoms with Crippen LogP contribution in [0.1, 0.15) is 0 Å². The highest BCUT2D eigenvalue weighted by Gasteiger charge is 2.05. The number of hydrogen-bond donors (Lipinski definition) is 1. The Bertz CT molecular complexity index is 368. The molecule has 82 valence electrons. The number of amides is 1. The number of carbonyl (C=O) groups excluding carboxylic acids is 1. The molecule has 1 amide bonds. The quantitative estimate of drug-likeness (QED) is 0.869. The summed E-state index contributed by atoms with van der Waals surface area (Å²) >= 11 is 9.12. The van der Waals surface area contributed by atoms with Gasteiger partial charge in [-0.25, -0.2) is 0 Å². The molecule has 0 fully saturated rings. The van der Waals surface area contributed by atoms with Crippen molar-refractivity contribution in [3.63, 3.8) is 0 Å². The highest BCUT2D eigenvalue weighted by Crippen LogP contribution is 2.27. The molecular weight excluding hydrogens is 279 g/mol. The number of rotatable bonds is 3. The minimum Gasteiger partial charge on any atom is -0.376 e. The Hall–Kier alpha value is -0.740. The van der Waals surface area contributed by atoms with Gasteiger partial charge in [0.15, 0.2) is 0 Å². The molecule has 0 saturated carbocycles.